The fraction of sp³-hybridized carbons (Fsp3) is 0.417. The summed E-state index contributed by atoms with van der Waals surface area (Å²) in [4.78, 5) is 10.5. The maximum atomic E-state index is 13.7. The lowest BCUT2D eigenvalue weighted by atomic mass is 9.90. The maximum absolute atomic E-state index is 13.7. The largest absolute Gasteiger partial charge is 0.481 e. The van der Waals surface area contributed by atoms with Crippen LogP contribution in [0.3, 0.4) is 0 Å². The zero-order valence-electron chi connectivity index (χ0n) is 10.9. The molecule has 1 fully saturated rings. The van der Waals surface area contributed by atoms with Crippen molar-refractivity contribution in [1.82, 2.24) is 4.31 Å². The highest BCUT2D eigenvalue weighted by molar-refractivity contribution is 9.10. The van der Waals surface area contributed by atoms with Crippen molar-refractivity contribution in [3.05, 3.63) is 28.2 Å². The molecule has 0 aliphatic carbocycles. The summed E-state index contributed by atoms with van der Waals surface area (Å²) >= 11 is 2.81. The van der Waals surface area contributed by atoms with E-state index in [0.29, 0.717) is 6.07 Å². The number of hydrogen-bond acceptors (Lipinski definition) is 3. The van der Waals surface area contributed by atoms with E-state index >= 15 is 0 Å². The van der Waals surface area contributed by atoms with Crippen molar-refractivity contribution in [3.8, 4) is 0 Å². The van der Waals surface area contributed by atoms with Gasteiger partial charge >= 0.3 is 5.97 Å². The molecular weight excluding hydrogens is 372 g/mol. The summed E-state index contributed by atoms with van der Waals surface area (Å²) in [5.41, 5.74) is -1.21. The molecule has 0 bridgehead atoms. The van der Waals surface area contributed by atoms with Gasteiger partial charge in [0, 0.05) is 19.2 Å². The Balaban J connectivity index is 2.41. The number of hydrogen-bond donors (Lipinski definition) is 1. The first-order valence-corrected chi connectivity index (χ1v) is 8.19. The van der Waals surface area contributed by atoms with Crippen molar-refractivity contribution in [1.29, 1.82) is 0 Å². The van der Waals surface area contributed by atoms with E-state index in [0.717, 1.165) is 10.4 Å². The summed E-state index contributed by atoms with van der Waals surface area (Å²) in [6.07, 6.45) is 0.131. The minimum absolute atomic E-state index is 0.0282. The lowest BCUT2D eigenvalue weighted by molar-refractivity contribution is -0.146. The van der Waals surface area contributed by atoms with Gasteiger partial charge in [-0.15, -0.1) is 0 Å². The molecular formula is C12H12BrF2NO4S. The summed E-state index contributed by atoms with van der Waals surface area (Å²) in [7, 11) is -4.21. The number of carboxylic acid groups (broad SMARTS) is 1. The Morgan fingerprint density at radius 1 is 1.38 bits per heavy atom. The molecule has 116 valence electrons. The van der Waals surface area contributed by atoms with Crippen LogP contribution in [-0.2, 0) is 14.8 Å². The highest BCUT2D eigenvalue weighted by Gasteiger charge is 2.45. The highest BCUT2D eigenvalue weighted by atomic mass is 79.9. The monoisotopic (exact) mass is 383 g/mol. The molecule has 0 radical (unpaired) electrons. The zero-order valence-corrected chi connectivity index (χ0v) is 13.3. The van der Waals surface area contributed by atoms with Gasteiger partial charge in [0.15, 0.2) is 0 Å². The van der Waals surface area contributed by atoms with Crippen LogP contribution in [0.4, 0.5) is 8.78 Å². The molecule has 0 amide bonds. The average molecular weight is 384 g/mol. The number of carbonyl (C=O) groups is 1. The second-order valence-corrected chi connectivity index (χ2v) is 7.91. The Kier molecular flexibility index (Phi) is 4.11. The smallest absolute Gasteiger partial charge is 0.310 e. The van der Waals surface area contributed by atoms with E-state index in [2.05, 4.69) is 15.9 Å². The number of carboxylic acids is 1. The van der Waals surface area contributed by atoms with Crippen LogP contribution in [0.1, 0.15) is 13.3 Å². The van der Waals surface area contributed by atoms with Crippen LogP contribution in [0.15, 0.2) is 21.5 Å². The van der Waals surface area contributed by atoms with Gasteiger partial charge in [-0.2, -0.15) is 4.31 Å². The van der Waals surface area contributed by atoms with Gasteiger partial charge in [-0.1, -0.05) is 0 Å². The topological polar surface area (TPSA) is 74.7 Å². The minimum Gasteiger partial charge on any atom is -0.481 e. The van der Waals surface area contributed by atoms with E-state index in [9.17, 15) is 22.0 Å². The molecule has 0 aromatic heterocycles. The summed E-state index contributed by atoms with van der Waals surface area (Å²) in [5.74, 6) is -3.23. The molecule has 1 N–H and O–H groups in total. The first kappa shape index (κ1) is 16.3. The van der Waals surface area contributed by atoms with Crippen molar-refractivity contribution >= 4 is 31.9 Å². The van der Waals surface area contributed by atoms with Crippen molar-refractivity contribution in [2.75, 3.05) is 13.1 Å². The summed E-state index contributed by atoms with van der Waals surface area (Å²) < 4.78 is 52.4. The van der Waals surface area contributed by atoms with Crippen LogP contribution in [0.25, 0.3) is 0 Å². The van der Waals surface area contributed by atoms with Gasteiger partial charge in [0.2, 0.25) is 10.0 Å². The quantitative estimate of drug-likeness (QED) is 0.812. The molecule has 1 unspecified atom stereocenters. The third-order valence-corrected chi connectivity index (χ3v) is 6.02. The van der Waals surface area contributed by atoms with Gasteiger partial charge in [0.05, 0.1) is 9.89 Å². The zero-order chi connectivity index (χ0) is 16.0. The van der Waals surface area contributed by atoms with Crippen LogP contribution < -0.4 is 0 Å². The van der Waals surface area contributed by atoms with Gasteiger partial charge in [0.1, 0.15) is 16.5 Å². The normalized spacial score (nSPS) is 23.4. The molecule has 1 saturated heterocycles. The van der Waals surface area contributed by atoms with Crippen LogP contribution in [0.5, 0.6) is 0 Å². The number of aliphatic carboxylic acids is 1. The Morgan fingerprint density at radius 2 is 2.00 bits per heavy atom. The fourth-order valence-corrected chi connectivity index (χ4v) is 4.27. The lowest BCUT2D eigenvalue weighted by Crippen LogP contribution is -2.35. The predicted octanol–water partition coefficient (Wildman–Crippen LogP) is 2.21. The van der Waals surface area contributed by atoms with Gasteiger partial charge < -0.3 is 5.11 Å². The molecule has 9 heteroatoms. The first-order valence-electron chi connectivity index (χ1n) is 5.96. The summed E-state index contributed by atoms with van der Waals surface area (Å²) in [6.45, 7) is 1.15. The van der Waals surface area contributed by atoms with Crippen molar-refractivity contribution < 1.29 is 27.1 Å². The van der Waals surface area contributed by atoms with Crippen LogP contribution in [0.2, 0.25) is 0 Å². The SMILES string of the molecule is CC1(C(=O)O)CCN(S(=O)(=O)c2cc(Br)c(F)cc2F)C1. The van der Waals surface area contributed by atoms with E-state index in [1.54, 1.807) is 0 Å². The fourth-order valence-electron chi connectivity index (χ4n) is 2.14. The number of nitrogens with zero attached hydrogens (tertiary/aromatic N) is 1. The predicted molar refractivity (Wildman–Crippen MR) is 73.2 cm³/mol. The second-order valence-electron chi connectivity index (χ2n) is 5.15. The van der Waals surface area contributed by atoms with E-state index in [4.69, 9.17) is 5.11 Å². The number of benzene rings is 1. The van der Waals surface area contributed by atoms with Crippen LogP contribution in [-0.4, -0.2) is 36.9 Å². The van der Waals surface area contributed by atoms with Crippen molar-refractivity contribution in [2.24, 2.45) is 5.41 Å². The van der Waals surface area contributed by atoms with Crippen molar-refractivity contribution in [2.45, 2.75) is 18.2 Å². The number of rotatable bonds is 3. The van der Waals surface area contributed by atoms with Crippen molar-refractivity contribution in [3.63, 3.8) is 0 Å². The minimum atomic E-state index is -4.21. The average Bonchev–Trinajstić information content (AvgIpc) is 2.78. The Morgan fingerprint density at radius 3 is 2.52 bits per heavy atom. The molecule has 1 heterocycles. The third kappa shape index (κ3) is 2.82. The Hall–Kier alpha value is -1.06. The Bertz CT molecular complexity index is 709. The molecule has 1 atom stereocenters. The summed E-state index contributed by atoms with van der Waals surface area (Å²) in [6, 6.07) is 1.32. The molecule has 0 spiro atoms. The maximum Gasteiger partial charge on any atom is 0.310 e. The first-order chi connectivity index (χ1) is 9.58. The Labute approximate surface area is 128 Å². The van der Waals surface area contributed by atoms with E-state index in [1.807, 2.05) is 0 Å². The molecule has 5 nitrogen and oxygen atoms in total. The highest BCUT2D eigenvalue weighted by Crippen LogP contribution is 2.35. The van der Waals surface area contributed by atoms with Crippen LogP contribution in [0, 0.1) is 17.0 Å². The molecule has 1 aliphatic rings. The number of sulfonamides is 1. The molecule has 1 aromatic carbocycles. The third-order valence-electron chi connectivity index (χ3n) is 3.55. The molecule has 1 aliphatic heterocycles. The van der Waals surface area contributed by atoms with E-state index < -0.39 is 37.9 Å². The molecule has 2 rings (SSSR count). The van der Waals surface area contributed by atoms with E-state index in [1.165, 1.54) is 6.92 Å². The van der Waals surface area contributed by atoms with E-state index in [-0.39, 0.29) is 24.0 Å². The van der Waals surface area contributed by atoms with Gasteiger partial charge in [-0.3, -0.25) is 4.79 Å². The second kappa shape index (κ2) is 5.29. The number of halogens is 3. The molecule has 1 aromatic rings. The molecule has 21 heavy (non-hydrogen) atoms. The standard InChI is InChI=1S/C12H12BrF2NO4S/c1-12(11(17)18)2-3-16(6-12)21(19,20)10-4-7(13)8(14)5-9(10)15/h4-5H,2-3,6H2,1H3,(H,17,18). The van der Waals surface area contributed by atoms with Gasteiger partial charge in [-0.05, 0) is 35.3 Å². The summed E-state index contributed by atoms with van der Waals surface area (Å²) in [5, 5.41) is 9.11. The van der Waals surface area contributed by atoms with Crippen LogP contribution >= 0.6 is 15.9 Å². The molecule has 0 saturated carbocycles. The lowest BCUT2D eigenvalue weighted by Gasteiger charge is -2.20. The van der Waals surface area contributed by atoms with Gasteiger partial charge in [0.25, 0.3) is 0 Å². The van der Waals surface area contributed by atoms with Gasteiger partial charge in [-0.25, -0.2) is 17.2 Å².